The highest BCUT2D eigenvalue weighted by Crippen LogP contribution is 2.22. The maximum Gasteiger partial charge on any atom is 0.161 e. The number of nitrogens with one attached hydrogen (secondary N) is 2. The summed E-state index contributed by atoms with van der Waals surface area (Å²) in [5, 5.41) is 11.3. The minimum Gasteiger partial charge on any atom is -0.340 e. The van der Waals surface area contributed by atoms with Crippen molar-refractivity contribution >= 4 is 22.4 Å². The number of H-pyrrole nitrogens is 1. The Morgan fingerprint density at radius 2 is 1.92 bits per heavy atom. The minimum absolute atomic E-state index is 0.0146. The lowest BCUT2D eigenvalue weighted by Crippen LogP contribution is -2.04. The van der Waals surface area contributed by atoms with Crippen molar-refractivity contribution in [1.29, 1.82) is 0 Å². The summed E-state index contributed by atoms with van der Waals surface area (Å²) in [5.74, 6) is 1.41. The van der Waals surface area contributed by atoms with Crippen LogP contribution in [0.1, 0.15) is 18.5 Å². The van der Waals surface area contributed by atoms with Crippen molar-refractivity contribution < 1.29 is 0 Å². The van der Waals surface area contributed by atoms with E-state index in [0.717, 1.165) is 33.5 Å². The van der Waals surface area contributed by atoms with Gasteiger partial charge < -0.3 is 11.1 Å². The topological polar surface area (TPSA) is 92.5 Å². The molecule has 0 aliphatic carbocycles. The molecule has 2 aromatic heterocycles. The first-order valence-electron chi connectivity index (χ1n) is 8.08. The quantitative estimate of drug-likeness (QED) is 0.529. The summed E-state index contributed by atoms with van der Waals surface area (Å²) >= 11 is 0. The van der Waals surface area contributed by atoms with Crippen molar-refractivity contribution in [2.45, 2.75) is 13.0 Å². The molecule has 0 aliphatic rings. The van der Waals surface area contributed by atoms with Gasteiger partial charge in [0.15, 0.2) is 5.82 Å². The number of hydrogen-bond donors (Lipinski definition) is 3. The lowest BCUT2D eigenvalue weighted by molar-refractivity contribution is 0.818. The average Bonchev–Trinajstić information content (AvgIpc) is 3.10. The van der Waals surface area contributed by atoms with Gasteiger partial charge in [-0.3, -0.25) is 5.10 Å². The molecule has 4 rings (SSSR count). The van der Waals surface area contributed by atoms with E-state index in [-0.39, 0.29) is 6.04 Å². The Labute approximate surface area is 145 Å². The van der Waals surface area contributed by atoms with Gasteiger partial charge in [-0.1, -0.05) is 24.3 Å². The van der Waals surface area contributed by atoms with E-state index >= 15 is 0 Å². The third-order valence-corrected chi connectivity index (χ3v) is 4.06. The van der Waals surface area contributed by atoms with Gasteiger partial charge in [-0.2, -0.15) is 5.10 Å². The molecular weight excluding hydrogens is 312 g/mol. The number of nitrogens with zero attached hydrogens (tertiary/aromatic N) is 3. The van der Waals surface area contributed by atoms with Gasteiger partial charge in [0.05, 0.1) is 11.7 Å². The van der Waals surface area contributed by atoms with E-state index in [1.807, 2.05) is 55.5 Å². The average molecular weight is 330 g/mol. The molecule has 0 saturated heterocycles. The first-order chi connectivity index (χ1) is 12.2. The van der Waals surface area contributed by atoms with Crippen LogP contribution in [0.2, 0.25) is 0 Å². The molecule has 124 valence electrons. The van der Waals surface area contributed by atoms with Crippen LogP contribution in [0.15, 0.2) is 60.9 Å². The predicted octanol–water partition coefficient (Wildman–Crippen LogP) is 3.78. The maximum atomic E-state index is 5.90. The normalized spacial score (nSPS) is 12.2. The lowest BCUT2D eigenvalue weighted by Gasteiger charge is -2.09. The third-order valence-electron chi connectivity index (χ3n) is 4.06. The van der Waals surface area contributed by atoms with E-state index < -0.39 is 0 Å². The zero-order chi connectivity index (χ0) is 17.2. The Kier molecular flexibility index (Phi) is 3.87. The fourth-order valence-electron chi connectivity index (χ4n) is 2.67. The van der Waals surface area contributed by atoms with Crippen LogP contribution in [0.3, 0.4) is 0 Å². The Morgan fingerprint density at radius 1 is 1.08 bits per heavy atom. The Hall–Kier alpha value is -3.25. The summed E-state index contributed by atoms with van der Waals surface area (Å²) in [4.78, 5) is 8.97. The van der Waals surface area contributed by atoms with Crippen LogP contribution >= 0.6 is 0 Å². The first kappa shape index (κ1) is 15.3. The molecule has 1 unspecified atom stereocenters. The molecule has 0 spiro atoms. The van der Waals surface area contributed by atoms with Crippen molar-refractivity contribution in [2.75, 3.05) is 5.32 Å². The summed E-state index contributed by atoms with van der Waals surface area (Å²) in [7, 11) is 0. The predicted molar refractivity (Wildman–Crippen MR) is 99.4 cm³/mol. The second kappa shape index (κ2) is 6.33. The van der Waals surface area contributed by atoms with Crippen LogP contribution in [-0.4, -0.2) is 20.2 Å². The summed E-state index contributed by atoms with van der Waals surface area (Å²) in [6, 6.07) is 15.9. The molecule has 1 atom stereocenters. The molecule has 4 aromatic rings. The third kappa shape index (κ3) is 3.20. The van der Waals surface area contributed by atoms with Gasteiger partial charge >= 0.3 is 0 Å². The van der Waals surface area contributed by atoms with Gasteiger partial charge in [0.2, 0.25) is 0 Å². The number of fused-ring (bicyclic) bond motifs is 1. The number of aromatic amines is 1. The Morgan fingerprint density at radius 3 is 2.72 bits per heavy atom. The molecule has 2 aromatic carbocycles. The van der Waals surface area contributed by atoms with Gasteiger partial charge in [0.25, 0.3) is 0 Å². The number of hydrogen-bond acceptors (Lipinski definition) is 5. The van der Waals surface area contributed by atoms with E-state index in [1.54, 1.807) is 12.4 Å². The van der Waals surface area contributed by atoms with Crippen molar-refractivity contribution in [3.05, 3.63) is 66.5 Å². The number of nitrogens with two attached hydrogens (primary N) is 1. The number of benzene rings is 2. The molecule has 0 aliphatic heterocycles. The van der Waals surface area contributed by atoms with E-state index in [9.17, 15) is 0 Å². The highest BCUT2D eigenvalue weighted by molar-refractivity contribution is 5.82. The second-order valence-corrected chi connectivity index (χ2v) is 5.97. The molecule has 4 N–H and O–H groups in total. The zero-order valence-electron chi connectivity index (χ0n) is 13.8. The smallest absolute Gasteiger partial charge is 0.161 e. The Bertz CT molecular complexity index is 1000. The number of aromatic nitrogens is 4. The summed E-state index contributed by atoms with van der Waals surface area (Å²) in [5.41, 5.74) is 9.90. The monoisotopic (exact) mass is 330 g/mol. The standard InChI is InChI=1S/C19H18N6/c1-12(20)13-2-4-14(5-3-13)19-21-9-8-18(24-19)23-16-6-7-17-15(10-16)11-22-25-17/h2-12H,20H2,1H3,(H,22,25)(H,21,23,24). The summed E-state index contributed by atoms with van der Waals surface area (Å²) in [6.07, 6.45) is 3.55. The van der Waals surface area contributed by atoms with Crippen molar-refractivity contribution in [2.24, 2.45) is 5.73 Å². The molecule has 0 bridgehead atoms. The largest absolute Gasteiger partial charge is 0.340 e. The highest BCUT2D eigenvalue weighted by atomic mass is 15.1. The SMILES string of the molecule is CC(N)c1ccc(-c2nccc(Nc3ccc4[nH]ncc4c3)n2)cc1. The summed E-state index contributed by atoms with van der Waals surface area (Å²) in [6.45, 7) is 1.97. The second-order valence-electron chi connectivity index (χ2n) is 5.97. The van der Waals surface area contributed by atoms with Gasteiger partial charge in [0, 0.05) is 28.9 Å². The zero-order valence-corrected chi connectivity index (χ0v) is 13.8. The fraction of sp³-hybridized carbons (Fsp3) is 0.105. The molecular formula is C19H18N6. The molecule has 2 heterocycles. The van der Waals surface area contributed by atoms with Crippen molar-refractivity contribution in [3.63, 3.8) is 0 Å². The van der Waals surface area contributed by atoms with Crippen LogP contribution < -0.4 is 11.1 Å². The minimum atomic E-state index is 0.0146. The maximum absolute atomic E-state index is 5.90. The van der Waals surface area contributed by atoms with Gasteiger partial charge in [-0.05, 0) is 36.8 Å². The van der Waals surface area contributed by atoms with Crippen LogP contribution in [0.5, 0.6) is 0 Å². The van der Waals surface area contributed by atoms with E-state index in [4.69, 9.17) is 5.73 Å². The van der Waals surface area contributed by atoms with Crippen molar-refractivity contribution in [3.8, 4) is 11.4 Å². The van der Waals surface area contributed by atoms with Crippen LogP contribution in [0.25, 0.3) is 22.3 Å². The van der Waals surface area contributed by atoms with Gasteiger partial charge in [-0.15, -0.1) is 0 Å². The Balaban J connectivity index is 1.60. The molecule has 0 radical (unpaired) electrons. The van der Waals surface area contributed by atoms with Crippen LogP contribution in [-0.2, 0) is 0 Å². The number of rotatable bonds is 4. The molecule has 0 saturated carbocycles. The molecule has 0 amide bonds. The lowest BCUT2D eigenvalue weighted by atomic mass is 10.1. The fourth-order valence-corrected chi connectivity index (χ4v) is 2.67. The molecule has 25 heavy (non-hydrogen) atoms. The highest BCUT2D eigenvalue weighted by Gasteiger charge is 2.06. The van der Waals surface area contributed by atoms with Gasteiger partial charge in [0.1, 0.15) is 5.82 Å². The van der Waals surface area contributed by atoms with E-state index in [0.29, 0.717) is 5.82 Å². The van der Waals surface area contributed by atoms with E-state index in [2.05, 4.69) is 25.5 Å². The summed E-state index contributed by atoms with van der Waals surface area (Å²) < 4.78 is 0. The van der Waals surface area contributed by atoms with Crippen LogP contribution in [0, 0.1) is 0 Å². The molecule has 6 nitrogen and oxygen atoms in total. The first-order valence-corrected chi connectivity index (χ1v) is 8.08. The molecule has 0 fully saturated rings. The number of anilines is 2. The van der Waals surface area contributed by atoms with Crippen LogP contribution in [0.4, 0.5) is 11.5 Å². The van der Waals surface area contributed by atoms with Gasteiger partial charge in [-0.25, -0.2) is 9.97 Å². The molecule has 6 heteroatoms. The van der Waals surface area contributed by atoms with E-state index in [1.165, 1.54) is 0 Å². The van der Waals surface area contributed by atoms with Crippen molar-refractivity contribution in [1.82, 2.24) is 20.2 Å².